The van der Waals surface area contributed by atoms with E-state index in [0.717, 1.165) is 11.1 Å². The van der Waals surface area contributed by atoms with E-state index in [0.29, 0.717) is 23.7 Å². The zero-order valence-electron chi connectivity index (χ0n) is 13.3. The highest BCUT2D eigenvalue weighted by atomic mass is 32.2. The summed E-state index contributed by atoms with van der Waals surface area (Å²) in [6, 6.07) is 4.31. The van der Waals surface area contributed by atoms with E-state index in [1.165, 1.54) is 30.8 Å². The lowest BCUT2D eigenvalue weighted by Gasteiger charge is -2.27. The van der Waals surface area contributed by atoms with E-state index in [1.54, 1.807) is 6.07 Å². The third-order valence-corrected chi connectivity index (χ3v) is 4.62. The molecule has 0 aliphatic heterocycles. The molecule has 1 aliphatic rings. The Kier molecular flexibility index (Phi) is 5.29. The molecule has 132 valence electrons. The molecule has 3 N–H and O–H groups in total. The van der Waals surface area contributed by atoms with Gasteiger partial charge >= 0.3 is 0 Å². The molecule has 8 nitrogen and oxygen atoms in total. The van der Waals surface area contributed by atoms with E-state index in [-0.39, 0.29) is 29.3 Å². The molecule has 1 aromatic carbocycles. The van der Waals surface area contributed by atoms with Crippen LogP contribution in [0.3, 0.4) is 0 Å². The van der Waals surface area contributed by atoms with E-state index in [4.69, 9.17) is 4.63 Å². The Bertz CT molecular complexity index is 810. The van der Waals surface area contributed by atoms with Gasteiger partial charge in [-0.25, -0.2) is 9.02 Å². The first kappa shape index (κ1) is 17.4. The van der Waals surface area contributed by atoms with E-state index in [1.807, 2.05) is 5.48 Å². The Balaban J connectivity index is 1.72. The Hall–Kier alpha value is -2.46. The van der Waals surface area contributed by atoms with Gasteiger partial charge in [-0.3, -0.25) is 20.5 Å². The van der Waals surface area contributed by atoms with Crippen LogP contribution in [0.5, 0.6) is 0 Å². The van der Waals surface area contributed by atoms with Gasteiger partial charge in [-0.05, 0) is 40.0 Å². The average molecular weight is 365 g/mol. The number of fused-ring (bicyclic) bond motifs is 1. The summed E-state index contributed by atoms with van der Waals surface area (Å²) in [5.74, 6) is 0.212. The monoisotopic (exact) mass is 365 g/mol. The first-order valence-corrected chi connectivity index (χ1v) is 8.53. The summed E-state index contributed by atoms with van der Waals surface area (Å²) in [5.41, 5.74) is 4.08. The minimum Gasteiger partial charge on any atom is -0.356 e. The van der Waals surface area contributed by atoms with Gasteiger partial charge in [0.1, 0.15) is 5.82 Å². The summed E-state index contributed by atoms with van der Waals surface area (Å²) < 4.78 is 18.1. The second kappa shape index (κ2) is 7.62. The number of thioether (sulfide) groups is 1. The minimum atomic E-state index is -0.325. The van der Waals surface area contributed by atoms with Crippen LogP contribution in [0.1, 0.15) is 29.8 Å². The number of hydroxylamine groups is 1. The molecule has 1 aliphatic carbocycles. The summed E-state index contributed by atoms with van der Waals surface area (Å²) in [6.07, 6.45) is 0.650. The van der Waals surface area contributed by atoms with Crippen LogP contribution in [0.25, 0.3) is 0 Å². The average Bonchev–Trinajstić information content (AvgIpc) is 3.03. The van der Waals surface area contributed by atoms with Crippen molar-refractivity contribution in [3.63, 3.8) is 0 Å². The van der Waals surface area contributed by atoms with Crippen molar-refractivity contribution in [2.75, 3.05) is 12.3 Å². The fourth-order valence-electron chi connectivity index (χ4n) is 2.46. The zero-order chi connectivity index (χ0) is 17.8. The SMILES string of the molecule is CC(=O)NCCSc1nonc1C(=N[C@H]1Cc2ccc(F)cc21)NO. The fraction of sp³-hybridized carbons (Fsp3) is 0.333. The molecule has 1 aromatic heterocycles. The lowest BCUT2D eigenvalue weighted by molar-refractivity contribution is -0.118. The molecule has 0 saturated carbocycles. The van der Waals surface area contributed by atoms with Crippen molar-refractivity contribution in [3.8, 4) is 0 Å². The van der Waals surface area contributed by atoms with Gasteiger partial charge in [0.05, 0.1) is 6.04 Å². The molecule has 3 rings (SSSR count). The van der Waals surface area contributed by atoms with Crippen molar-refractivity contribution in [1.82, 2.24) is 21.1 Å². The lowest BCUT2D eigenvalue weighted by Crippen LogP contribution is -2.26. The van der Waals surface area contributed by atoms with Crippen LogP contribution in [0.2, 0.25) is 0 Å². The molecular weight excluding hydrogens is 349 g/mol. The van der Waals surface area contributed by atoms with Crippen LogP contribution < -0.4 is 10.8 Å². The molecule has 2 aromatic rings. The maximum Gasteiger partial charge on any atom is 0.216 e. The Morgan fingerprint density at radius 3 is 3.12 bits per heavy atom. The number of amidine groups is 1. The summed E-state index contributed by atoms with van der Waals surface area (Å²) in [7, 11) is 0. The lowest BCUT2D eigenvalue weighted by atomic mass is 9.83. The number of benzene rings is 1. The number of aliphatic imine (C=N–C) groups is 1. The number of carbonyl (C=O) groups is 1. The molecule has 0 radical (unpaired) electrons. The fourth-order valence-corrected chi connectivity index (χ4v) is 3.21. The van der Waals surface area contributed by atoms with Gasteiger partial charge in [-0.15, -0.1) is 0 Å². The smallest absolute Gasteiger partial charge is 0.216 e. The van der Waals surface area contributed by atoms with E-state index >= 15 is 0 Å². The predicted molar refractivity (Wildman–Crippen MR) is 88.0 cm³/mol. The second-order valence-electron chi connectivity index (χ2n) is 5.40. The highest BCUT2D eigenvalue weighted by Crippen LogP contribution is 2.37. The third kappa shape index (κ3) is 3.97. The number of carbonyl (C=O) groups excluding carboxylic acids is 1. The van der Waals surface area contributed by atoms with E-state index < -0.39 is 0 Å². The van der Waals surface area contributed by atoms with Gasteiger partial charge in [0.25, 0.3) is 0 Å². The molecule has 0 fully saturated rings. The molecule has 1 atom stereocenters. The van der Waals surface area contributed by atoms with Crippen LogP contribution in [0.4, 0.5) is 4.39 Å². The Morgan fingerprint density at radius 2 is 2.36 bits per heavy atom. The molecule has 10 heteroatoms. The normalized spacial score (nSPS) is 16.1. The first-order valence-electron chi connectivity index (χ1n) is 7.55. The highest BCUT2D eigenvalue weighted by molar-refractivity contribution is 7.99. The van der Waals surface area contributed by atoms with Crippen LogP contribution >= 0.6 is 11.8 Å². The number of halogens is 1. The first-order chi connectivity index (χ1) is 12.1. The topological polar surface area (TPSA) is 113 Å². The number of hydrogen-bond acceptors (Lipinski definition) is 7. The number of aromatic nitrogens is 2. The summed E-state index contributed by atoms with van der Waals surface area (Å²) in [4.78, 5) is 15.2. The molecular formula is C15H16FN5O3S. The summed E-state index contributed by atoms with van der Waals surface area (Å²) in [6.45, 7) is 1.90. The Labute approximate surface area is 146 Å². The number of nitrogens with zero attached hydrogens (tertiary/aromatic N) is 3. The maximum atomic E-state index is 13.4. The number of amides is 1. The standard InChI is InChI=1S/C15H16FN5O3S/c1-8(22)17-4-5-25-15-13(20-24-21-15)14(19-23)18-12-6-9-2-3-10(16)7-11(9)12/h2-3,7,12,23H,4-6H2,1H3,(H,17,22)(H,18,19)/t12-/m0/s1. The molecule has 1 heterocycles. The van der Waals surface area contributed by atoms with Gasteiger partial charge in [0, 0.05) is 19.2 Å². The molecule has 0 spiro atoms. The number of rotatable bonds is 6. The highest BCUT2D eigenvalue weighted by Gasteiger charge is 2.28. The van der Waals surface area contributed by atoms with Crippen molar-refractivity contribution < 1.29 is 19.0 Å². The van der Waals surface area contributed by atoms with Gasteiger partial charge in [-0.1, -0.05) is 17.8 Å². The van der Waals surface area contributed by atoms with Gasteiger partial charge in [0.15, 0.2) is 16.6 Å². The van der Waals surface area contributed by atoms with Crippen LogP contribution in [0.15, 0.2) is 32.8 Å². The van der Waals surface area contributed by atoms with Gasteiger partial charge in [-0.2, -0.15) is 0 Å². The van der Waals surface area contributed by atoms with Crippen molar-refractivity contribution in [3.05, 3.63) is 40.8 Å². The van der Waals surface area contributed by atoms with E-state index in [2.05, 4.69) is 20.6 Å². The maximum absolute atomic E-state index is 13.4. The van der Waals surface area contributed by atoms with Crippen molar-refractivity contribution in [2.45, 2.75) is 24.4 Å². The van der Waals surface area contributed by atoms with Crippen molar-refractivity contribution in [1.29, 1.82) is 0 Å². The van der Waals surface area contributed by atoms with Gasteiger partial charge in [0.2, 0.25) is 5.91 Å². The molecule has 25 heavy (non-hydrogen) atoms. The largest absolute Gasteiger partial charge is 0.356 e. The predicted octanol–water partition coefficient (Wildman–Crippen LogP) is 1.46. The van der Waals surface area contributed by atoms with Crippen LogP contribution in [-0.2, 0) is 11.2 Å². The number of hydrogen-bond donors (Lipinski definition) is 3. The quantitative estimate of drug-likeness (QED) is 0.233. The van der Waals surface area contributed by atoms with Crippen molar-refractivity contribution >= 4 is 23.5 Å². The van der Waals surface area contributed by atoms with Crippen molar-refractivity contribution in [2.24, 2.45) is 4.99 Å². The van der Waals surface area contributed by atoms with Crippen LogP contribution in [-0.4, -0.2) is 39.6 Å². The van der Waals surface area contributed by atoms with Gasteiger partial charge < -0.3 is 5.32 Å². The molecule has 0 bridgehead atoms. The zero-order valence-corrected chi connectivity index (χ0v) is 14.1. The number of nitrogens with one attached hydrogen (secondary N) is 2. The Morgan fingerprint density at radius 1 is 1.52 bits per heavy atom. The second-order valence-corrected chi connectivity index (χ2v) is 6.49. The summed E-state index contributed by atoms with van der Waals surface area (Å²) >= 11 is 1.31. The third-order valence-electron chi connectivity index (χ3n) is 3.67. The minimum absolute atomic E-state index is 0.100. The molecule has 0 saturated heterocycles. The molecule has 1 amide bonds. The van der Waals surface area contributed by atoms with E-state index in [9.17, 15) is 14.4 Å². The summed E-state index contributed by atoms with van der Waals surface area (Å²) in [5, 5.41) is 20.1. The van der Waals surface area contributed by atoms with Crippen LogP contribution in [0, 0.1) is 5.82 Å². The molecule has 0 unspecified atom stereocenters.